The molecule has 0 atom stereocenters. The Morgan fingerprint density at radius 1 is 1.07 bits per heavy atom. The summed E-state index contributed by atoms with van der Waals surface area (Å²) in [5.41, 5.74) is 0.451. The van der Waals surface area contributed by atoms with Crippen LogP contribution in [-0.2, 0) is 23.9 Å². The zero-order chi connectivity index (χ0) is 12.4. The van der Waals surface area contributed by atoms with Crippen molar-refractivity contribution in [1.82, 2.24) is 0 Å². The Kier molecular flexibility index (Phi) is 9.41. The van der Waals surface area contributed by atoms with Gasteiger partial charge in [0.25, 0.3) is 0 Å². The molecule has 5 heteroatoms. The van der Waals surface area contributed by atoms with E-state index in [2.05, 4.69) is 16.1 Å². The Labute approximate surface area is 89.1 Å². The van der Waals surface area contributed by atoms with E-state index in [0.29, 0.717) is 12.2 Å². The van der Waals surface area contributed by atoms with Crippen molar-refractivity contribution in [1.29, 1.82) is 0 Å². The summed E-state index contributed by atoms with van der Waals surface area (Å²) in [5.74, 6) is -1.44. The van der Waals surface area contributed by atoms with Gasteiger partial charge >= 0.3 is 17.9 Å². The lowest BCUT2D eigenvalue weighted by atomic mass is 10.4. The van der Waals surface area contributed by atoms with Crippen LogP contribution in [0.1, 0.15) is 27.7 Å². The van der Waals surface area contributed by atoms with Crippen LogP contribution in [0.3, 0.4) is 0 Å². The highest BCUT2D eigenvalue weighted by Crippen LogP contribution is 1.89. The predicted molar refractivity (Wildman–Crippen MR) is 53.9 cm³/mol. The number of esters is 3. The third-order valence-corrected chi connectivity index (χ3v) is 0.911. The van der Waals surface area contributed by atoms with E-state index in [1.54, 1.807) is 13.8 Å². The standard InChI is InChI=1S/C6H10O2.C4H6O3/c1-4-8-6(7)5(2)3;1-3(5)7-4(2)6/h2,4H2,1,3H3;1-2H3. The van der Waals surface area contributed by atoms with Gasteiger partial charge in [0.15, 0.2) is 0 Å². The molecule has 86 valence electrons. The van der Waals surface area contributed by atoms with Gasteiger partial charge in [0.1, 0.15) is 0 Å². The topological polar surface area (TPSA) is 69.7 Å². The SMILES string of the molecule is C=C(C)C(=O)OCC.CC(=O)OC(C)=O. The zero-order valence-electron chi connectivity index (χ0n) is 9.46. The van der Waals surface area contributed by atoms with Gasteiger partial charge in [-0.3, -0.25) is 9.59 Å². The first-order chi connectivity index (χ1) is 6.81. The maximum absolute atomic E-state index is 10.4. The minimum atomic E-state index is -0.562. The lowest BCUT2D eigenvalue weighted by molar-refractivity contribution is -0.156. The number of carbonyl (C=O) groups excluding carboxylic acids is 3. The van der Waals surface area contributed by atoms with Crippen molar-refractivity contribution in [2.75, 3.05) is 6.61 Å². The van der Waals surface area contributed by atoms with E-state index in [1.165, 1.54) is 13.8 Å². The molecule has 0 aliphatic carbocycles. The molecular weight excluding hydrogens is 200 g/mol. The molecular formula is C10H16O5. The average Bonchev–Trinajstić information content (AvgIpc) is 2.02. The molecule has 0 amide bonds. The molecule has 5 nitrogen and oxygen atoms in total. The van der Waals surface area contributed by atoms with Gasteiger partial charge in [-0.25, -0.2) is 4.79 Å². The first-order valence-corrected chi connectivity index (χ1v) is 4.32. The molecule has 0 aromatic rings. The summed E-state index contributed by atoms with van der Waals surface area (Å²) < 4.78 is 8.54. The molecule has 0 N–H and O–H groups in total. The number of hydrogen-bond acceptors (Lipinski definition) is 5. The van der Waals surface area contributed by atoms with Crippen LogP contribution in [-0.4, -0.2) is 24.5 Å². The van der Waals surface area contributed by atoms with Crippen LogP contribution >= 0.6 is 0 Å². The third kappa shape index (κ3) is 15.1. The number of ether oxygens (including phenoxy) is 2. The van der Waals surface area contributed by atoms with Crippen LogP contribution in [0.5, 0.6) is 0 Å². The predicted octanol–water partition coefficient (Wildman–Crippen LogP) is 1.22. The van der Waals surface area contributed by atoms with Gasteiger partial charge in [-0.1, -0.05) is 6.58 Å². The highest BCUT2D eigenvalue weighted by atomic mass is 16.6. The number of carbonyl (C=O) groups is 3. The molecule has 0 bridgehead atoms. The maximum Gasteiger partial charge on any atom is 0.333 e. The summed E-state index contributed by atoms with van der Waals surface area (Å²) in [6.45, 7) is 9.57. The van der Waals surface area contributed by atoms with Crippen LogP contribution in [0.25, 0.3) is 0 Å². The number of rotatable bonds is 2. The Bertz CT molecular complexity index is 243. The molecule has 0 aromatic carbocycles. The van der Waals surface area contributed by atoms with Crippen molar-refractivity contribution in [3.8, 4) is 0 Å². The average molecular weight is 216 g/mol. The van der Waals surface area contributed by atoms with Gasteiger partial charge in [-0.05, 0) is 13.8 Å². The fourth-order valence-electron chi connectivity index (χ4n) is 0.457. The summed E-state index contributed by atoms with van der Waals surface area (Å²) >= 11 is 0. The molecule has 0 aromatic heterocycles. The summed E-state index contributed by atoms with van der Waals surface area (Å²) in [5, 5.41) is 0. The summed E-state index contributed by atoms with van der Waals surface area (Å²) in [6.07, 6.45) is 0. The van der Waals surface area contributed by atoms with E-state index in [1.807, 2.05) is 0 Å². The second-order valence-corrected chi connectivity index (χ2v) is 2.59. The Balaban J connectivity index is 0. The summed E-state index contributed by atoms with van der Waals surface area (Å²) in [6, 6.07) is 0. The van der Waals surface area contributed by atoms with E-state index in [-0.39, 0.29) is 5.97 Å². The fraction of sp³-hybridized carbons (Fsp3) is 0.500. The van der Waals surface area contributed by atoms with Crippen molar-refractivity contribution in [2.24, 2.45) is 0 Å². The van der Waals surface area contributed by atoms with E-state index in [9.17, 15) is 14.4 Å². The van der Waals surface area contributed by atoms with Crippen molar-refractivity contribution in [3.05, 3.63) is 12.2 Å². The molecule has 0 aliphatic heterocycles. The van der Waals surface area contributed by atoms with Crippen LogP contribution in [0.4, 0.5) is 0 Å². The van der Waals surface area contributed by atoms with Gasteiger partial charge in [0.05, 0.1) is 6.61 Å². The molecule has 0 spiro atoms. The van der Waals surface area contributed by atoms with E-state index in [4.69, 9.17) is 0 Å². The highest BCUT2D eigenvalue weighted by Gasteiger charge is 1.98. The first-order valence-electron chi connectivity index (χ1n) is 4.32. The van der Waals surface area contributed by atoms with Crippen molar-refractivity contribution >= 4 is 17.9 Å². The van der Waals surface area contributed by atoms with Gasteiger partial charge < -0.3 is 9.47 Å². The monoisotopic (exact) mass is 216 g/mol. The molecule has 0 saturated carbocycles. The molecule has 0 heterocycles. The maximum atomic E-state index is 10.4. The Morgan fingerprint density at radius 2 is 1.47 bits per heavy atom. The van der Waals surface area contributed by atoms with Gasteiger partial charge in [-0.2, -0.15) is 0 Å². The second kappa shape index (κ2) is 8.93. The molecule has 0 unspecified atom stereocenters. The quantitative estimate of drug-likeness (QED) is 0.394. The van der Waals surface area contributed by atoms with Crippen molar-refractivity contribution < 1.29 is 23.9 Å². The molecule has 0 fully saturated rings. The van der Waals surface area contributed by atoms with E-state index >= 15 is 0 Å². The van der Waals surface area contributed by atoms with Crippen LogP contribution in [0.15, 0.2) is 12.2 Å². The highest BCUT2D eigenvalue weighted by molar-refractivity contribution is 5.86. The Hall–Kier alpha value is -1.65. The van der Waals surface area contributed by atoms with Crippen molar-refractivity contribution in [3.63, 3.8) is 0 Å². The van der Waals surface area contributed by atoms with E-state index in [0.717, 1.165) is 0 Å². The molecule has 15 heavy (non-hydrogen) atoms. The lowest BCUT2D eigenvalue weighted by Gasteiger charge is -1.96. The van der Waals surface area contributed by atoms with Crippen LogP contribution in [0, 0.1) is 0 Å². The molecule has 0 radical (unpaired) electrons. The van der Waals surface area contributed by atoms with Crippen LogP contribution in [0.2, 0.25) is 0 Å². The fourth-order valence-corrected chi connectivity index (χ4v) is 0.457. The minimum Gasteiger partial charge on any atom is -0.463 e. The zero-order valence-corrected chi connectivity index (χ0v) is 9.46. The Morgan fingerprint density at radius 3 is 1.53 bits per heavy atom. The molecule has 0 aliphatic rings. The smallest absolute Gasteiger partial charge is 0.333 e. The largest absolute Gasteiger partial charge is 0.463 e. The third-order valence-electron chi connectivity index (χ3n) is 0.911. The number of hydrogen-bond donors (Lipinski definition) is 0. The normalized spacial score (nSPS) is 8.00. The lowest BCUT2D eigenvalue weighted by Crippen LogP contribution is -2.03. The molecule has 0 saturated heterocycles. The van der Waals surface area contributed by atoms with E-state index < -0.39 is 11.9 Å². The first kappa shape index (κ1) is 15.8. The van der Waals surface area contributed by atoms with Crippen molar-refractivity contribution in [2.45, 2.75) is 27.7 Å². The van der Waals surface area contributed by atoms with Crippen LogP contribution < -0.4 is 0 Å². The second-order valence-electron chi connectivity index (χ2n) is 2.59. The molecule has 0 rings (SSSR count). The minimum absolute atomic E-state index is 0.312. The van der Waals surface area contributed by atoms with Gasteiger partial charge in [0, 0.05) is 19.4 Å². The summed E-state index contributed by atoms with van der Waals surface area (Å²) in [7, 11) is 0. The van der Waals surface area contributed by atoms with Gasteiger partial charge in [-0.15, -0.1) is 0 Å². The van der Waals surface area contributed by atoms with Gasteiger partial charge in [0.2, 0.25) is 0 Å². The summed E-state index contributed by atoms with van der Waals surface area (Å²) in [4.78, 5) is 30.0.